The molecular weight excluding hydrogens is 469 g/mol. The number of hydrogen-bond donors (Lipinski definition) is 2. The van der Waals surface area contributed by atoms with E-state index in [0.29, 0.717) is 16.5 Å². The van der Waals surface area contributed by atoms with Gasteiger partial charge in [-0.3, -0.25) is 4.79 Å². The van der Waals surface area contributed by atoms with Crippen LogP contribution in [0.5, 0.6) is 0 Å². The summed E-state index contributed by atoms with van der Waals surface area (Å²) < 4.78 is 20.7. The summed E-state index contributed by atoms with van der Waals surface area (Å²) in [6, 6.07) is 21.8. The molecule has 0 fully saturated rings. The third-order valence-corrected chi connectivity index (χ3v) is 6.76. The lowest BCUT2D eigenvalue weighted by Crippen LogP contribution is -2.41. The molecule has 1 aromatic heterocycles. The van der Waals surface area contributed by atoms with E-state index >= 15 is 0 Å². The first-order valence-corrected chi connectivity index (χ1v) is 11.6. The Labute approximate surface area is 204 Å². The van der Waals surface area contributed by atoms with Crippen LogP contribution in [0.4, 0.5) is 10.1 Å². The second kappa shape index (κ2) is 9.59. The maximum absolute atomic E-state index is 14.2. The maximum atomic E-state index is 14.2. The molecule has 5 rings (SSSR count). The second-order valence-corrected chi connectivity index (χ2v) is 8.84. The van der Waals surface area contributed by atoms with E-state index in [1.807, 2.05) is 30.3 Å². The van der Waals surface area contributed by atoms with E-state index in [9.17, 15) is 14.0 Å². The minimum Gasteiger partial charge on any atom is -0.465 e. The predicted molar refractivity (Wildman–Crippen MR) is 130 cm³/mol. The number of ether oxygens (including phenoxy) is 1. The Morgan fingerprint density at radius 3 is 2.43 bits per heavy atom. The number of amides is 1. The van der Waals surface area contributed by atoms with Crippen LogP contribution in [0.25, 0.3) is 11.4 Å². The number of halogens is 1. The van der Waals surface area contributed by atoms with Crippen molar-refractivity contribution < 1.29 is 18.7 Å². The molecule has 1 aliphatic heterocycles. The van der Waals surface area contributed by atoms with Crippen molar-refractivity contribution in [3.63, 3.8) is 0 Å². The number of para-hydroxylation sites is 1. The number of rotatable bonds is 5. The highest BCUT2D eigenvalue weighted by Crippen LogP contribution is 2.39. The summed E-state index contributed by atoms with van der Waals surface area (Å²) in [4.78, 5) is 25.2. The van der Waals surface area contributed by atoms with E-state index in [0.717, 1.165) is 11.1 Å². The first-order chi connectivity index (χ1) is 17.0. The van der Waals surface area contributed by atoms with E-state index in [1.54, 1.807) is 41.1 Å². The SMILES string of the molecule is COC(=O)c1ccc([C@H]2Nn3c(nnc3-c3ccccc3)S[C@H]2C(=O)Nc2ccccc2F)cc1. The van der Waals surface area contributed by atoms with E-state index in [-0.39, 0.29) is 5.69 Å². The van der Waals surface area contributed by atoms with E-state index < -0.39 is 29.0 Å². The van der Waals surface area contributed by atoms with Crippen LogP contribution in [0, 0.1) is 5.82 Å². The van der Waals surface area contributed by atoms with Gasteiger partial charge in [0.1, 0.15) is 11.1 Å². The average molecular weight is 490 g/mol. The van der Waals surface area contributed by atoms with Gasteiger partial charge >= 0.3 is 5.97 Å². The number of fused-ring (bicyclic) bond motifs is 1. The molecule has 2 N–H and O–H groups in total. The van der Waals surface area contributed by atoms with E-state index in [1.165, 1.54) is 31.0 Å². The molecule has 3 aromatic carbocycles. The van der Waals surface area contributed by atoms with Gasteiger partial charge in [0.25, 0.3) is 0 Å². The van der Waals surface area contributed by atoms with Gasteiger partial charge in [0.15, 0.2) is 5.82 Å². The summed E-state index contributed by atoms with van der Waals surface area (Å²) in [5.74, 6) is -0.783. The van der Waals surface area contributed by atoms with Crippen molar-refractivity contribution in [2.45, 2.75) is 16.4 Å². The molecule has 10 heteroatoms. The number of nitrogens with one attached hydrogen (secondary N) is 2. The van der Waals surface area contributed by atoms with Crippen LogP contribution in [0.1, 0.15) is 22.0 Å². The fourth-order valence-electron chi connectivity index (χ4n) is 3.79. The molecule has 35 heavy (non-hydrogen) atoms. The van der Waals surface area contributed by atoms with Crippen molar-refractivity contribution in [1.82, 2.24) is 14.9 Å². The number of methoxy groups -OCH3 is 1. The molecule has 0 saturated carbocycles. The van der Waals surface area contributed by atoms with Gasteiger partial charge in [-0.1, -0.05) is 66.4 Å². The van der Waals surface area contributed by atoms with Crippen molar-refractivity contribution in [1.29, 1.82) is 0 Å². The van der Waals surface area contributed by atoms with Crippen molar-refractivity contribution in [2.75, 3.05) is 17.9 Å². The van der Waals surface area contributed by atoms with Gasteiger partial charge in [0.05, 0.1) is 24.4 Å². The molecular formula is C25H20FN5O3S. The van der Waals surface area contributed by atoms with Crippen molar-refractivity contribution in [3.8, 4) is 11.4 Å². The van der Waals surface area contributed by atoms with Crippen LogP contribution in [-0.4, -0.2) is 39.1 Å². The van der Waals surface area contributed by atoms with Crippen molar-refractivity contribution in [3.05, 3.63) is 95.8 Å². The Balaban J connectivity index is 1.52. The number of hydrogen-bond acceptors (Lipinski definition) is 7. The molecule has 0 unspecified atom stereocenters. The largest absolute Gasteiger partial charge is 0.465 e. The average Bonchev–Trinajstić information content (AvgIpc) is 3.32. The first-order valence-electron chi connectivity index (χ1n) is 10.7. The smallest absolute Gasteiger partial charge is 0.337 e. The highest BCUT2D eigenvalue weighted by molar-refractivity contribution is 8.00. The van der Waals surface area contributed by atoms with Gasteiger partial charge in [0.2, 0.25) is 11.1 Å². The van der Waals surface area contributed by atoms with Gasteiger partial charge in [-0.2, -0.15) is 0 Å². The Morgan fingerprint density at radius 1 is 1.00 bits per heavy atom. The molecule has 0 spiro atoms. The number of carbonyl (C=O) groups excluding carboxylic acids is 2. The lowest BCUT2D eigenvalue weighted by atomic mass is 10.0. The van der Waals surface area contributed by atoms with Crippen LogP contribution in [-0.2, 0) is 9.53 Å². The van der Waals surface area contributed by atoms with Crippen LogP contribution < -0.4 is 10.7 Å². The molecule has 4 aromatic rings. The second-order valence-electron chi connectivity index (χ2n) is 7.74. The normalized spacial score (nSPS) is 16.6. The molecule has 1 aliphatic rings. The number of nitrogens with zero attached hydrogens (tertiary/aromatic N) is 3. The van der Waals surface area contributed by atoms with Crippen molar-refractivity contribution >= 4 is 29.3 Å². The number of aromatic nitrogens is 3. The van der Waals surface area contributed by atoms with E-state index in [4.69, 9.17) is 4.74 Å². The van der Waals surface area contributed by atoms with Gasteiger partial charge in [0, 0.05) is 5.56 Å². The summed E-state index contributed by atoms with van der Waals surface area (Å²) in [6.45, 7) is 0. The zero-order valence-corrected chi connectivity index (χ0v) is 19.3. The monoisotopic (exact) mass is 489 g/mol. The molecule has 0 saturated heterocycles. The van der Waals surface area contributed by atoms with Crippen LogP contribution >= 0.6 is 11.8 Å². The van der Waals surface area contributed by atoms with Gasteiger partial charge in [-0.15, -0.1) is 10.2 Å². The Kier molecular flexibility index (Phi) is 6.19. The highest BCUT2D eigenvalue weighted by atomic mass is 32.2. The van der Waals surface area contributed by atoms with E-state index in [2.05, 4.69) is 20.9 Å². The maximum Gasteiger partial charge on any atom is 0.337 e. The lowest BCUT2D eigenvalue weighted by molar-refractivity contribution is -0.116. The summed E-state index contributed by atoms with van der Waals surface area (Å²) in [5, 5.41) is 11.1. The Bertz CT molecular complexity index is 1380. The molecule has 0 aliphatic carbocycles. The van der Waals surface area contributed by atoms with Crippen LogP contribution in [0.15, 0.2) is 84.0 Å². The fourth-order valence-corrected chi connectivity index (χ4v) is 4.87. The van der Waals surface area contributed by atoms with Gasteiger partial charge < -0.3 is 15.5 Å². The Hall–Kier alpha value is -4.18. The molecule has 176 valence electrons. The fraction of sp³-hybridized carbons (Fsp3) is 0.120. The Morgan fingerprint density at radius 2 is 1.71 bits per heavy atom. The zero-order chi connectivity index (χ0) is 24.4. The number of carbonyl (C=O) groups is 2. The third kappa shape index (κ3) is 4.47. The highest BCUT2D eigenvalue weighted by Gasteiger charge is 2.38. The third-order valence-electron chi connectivity index (χ3n) is 5.55. The summed E-state index contributed by atoms with van der Waals surface area (Å²) in [7, 11) is 1.32. The number of thioether (sulfide) groups is 1. The minimum atomic E-state index is -0.709. The van der Waals surface area contributed by atoms with Gasteiger partial charge in [-0.25, -0.2) is 13.9 Å². The standard InChI is InChI=1S/C25H20FN5O3S/c1-34-24(33)17-13-11-15(12-14-17)20-21(23(32)27-19-10-6-5-9-18(19)26)35-25-29-28-22(31(25)30-20)16-7-3-2-4-8-16/h2-14,20-21,30H,1H3,(H,27,32)/t20-,21-/m1/s1. The number of benzene rings is 3. The number of esters is 1. The lowest BCUT2D eigenvalue weighted by Gasteiger charge is -2.33. The molecule has 2 heterocycles. The van der Waals surface area contributed by atoms with Crippen LogP contribution in [0.3, 0.4) is 0 Å². The molecule has 0 radical (unpaired) electrons. The molecule has 8 nitrogen and oxygen atoms in total. The molecule has 2 atom stereocenters. The van der Waals surface area contributed by atoms with Gasteiger partial charge in [-0.05, 0) is 29.8 Å². The summed E-state index contributed by atoms with van der Waals surface area (Å²) >= 11 is 1.22. The minimum absolute atomic E-state index is 0.0925. The van der Waals surface area contributed by atoms with Crippen molar-refractivity contribution in [2.24, 2.45) is 0 Å². The van der Waals surface area contributed by atoms with Crippen LogP contribution in [0.2, 0.25) is 0 Å². The predicted octanol–water partition coefficient (Wildman–Crippen LogP) is 4.27. The topological polar surface area (TPSA) is 98.1 Å². The zero-order valence-electron chi connectivity index (χ0n) is 18.5. The molecule has 1 amide bonds. The summed E-state index contributed by atoms with van der Waals surface area (Å²) in [6.07, 6.45) is 0. The summed E-state index contributed by atoms with van der Waals surface area (Å²) in [5.41, 5.74) is 5.44. The first kappa shape index (κ1) is 22.6. The number of anilines is 1. The molecule has 0 bridgehead atoms. The quantitative estimate of drug-likeness (QED) is 0.404.